The molecule has 14 heavy (non-hydrogen) atoms. The fourth-order valence-corrected chi connectivity index (χ4v) is 1.29. The Hall–Kier alpha value is -0.610. The molecule has 0 saturated carbocycles. The fraction of sp³-hybridized carbons (Fsp3) is 0.900. The first-order valence-corrected chi connectivity index (χ1v) is 5.12. The maximum Gasteiger partial charge on any atom is 0.224 e. The van der Waals surface area contributed by atoms with E-state index >= 15 is 0 Å². The summed E-state index contributed by atoms with van der Waals surface area (Å²) in [5.41, 5.74) is 5.52. The molecule has 1 amide bonds. The average Bonchev–Trinajstić information content (AvgIpc) is 2.13. The Bertz CT molecular complexity index is 172. The summed E-state index contributed by atoms with van der Waals surface area (Å²) in [6.45, 7) is 6.21. The molecule has 0 aromatic heterocycles. The van der Waals surface area contributed by atoms with Gasteiger partial charge in [0, 0.05) is 12.6 Å². The van der Waals surface area contributed by atoms with Crippen LogP contribution in [-0.4, -0.2) is 30.2 Å². The second-order valence-electron chi connectivity index (χ2n) is 4.15. The highest BCUT2D eigenvalue weighted by molar-refractivity contribution is 5.79. The van der Waals surface area contributed by atoms with Crippen molar-refractivity contribution >= 4 is 5.91 Å². The van der Waals surface area contributed by atoms with Crippen LogP contribution in [0.5, 0.6) is 0 Å². The molecule has 0 rings (SSSR count). The summed E-state index contributed by atoms with van der Waals surface area (Å²) in [4.78, 5) is 11.6. The zero-order valence-electron chi connectivity index (χ0n) is 9.29. The molecule has 0 aliphatic rings. The molecule has 0 bridgehead atoms. The van der Waals surface area contributed by atoms with Gasteiger partial charge in [0.25, 0.3) is 0 Å². The Balaban J connectivity index is 4.04. The molecule has 0 fully saturated rings. The van der Waals surface area contributed by atoms with Crippen molar-refractivity contribution in [3.05, 3.63) is 0 Å². The van der Waals surface area contributed by atoms with Crippen LogP contribution in [0.4, 0.5) is 0 Å². The van der Waals surface area contributed by atoms with E-state index in [-0.39, 0.29) is 24.5 Å². The van der Waals surface area contributed by atoms with Gasteiger partial charge in [-0.1, -0.05) is 13.8 Å². The Morgan fingerprint density at radius 2 is 2.00 bits per heavy atom. The molecule has 0 aliphatic heterocycles. The lowest BCUT2D eigenvalue weighted by Crippen LogP contribution is -2.41. The van der Waals surface area contributed by atoms with E-state index in [1.165, 1.54) is 0 Å². The topological polar surface area (TPSA) is 75.4 Å². The Morgan fingerprint density at radius 3 is 2.36 bits per heavy atom. The summed E-state index contributed by atoms with van der Waals surface area (Å²) in [5.74, 6) is 0.269. The van der Waals surface area contributed by atoms with Crippen molar-refractivity contribution < 1.29 is 9.90 Å². The van der Waals surface area contributed by atoms with Crippen molar-refractivity contribution in [2.75, 3.05) is 13.2 Å². The van der Waals surface area contributed by atoms with Gasteiger partial charge in [0.05, 0.1) is 12.5 Å². The van der Waals surface area contributed by atoms with E-state index in [4.69, 9.17) is 10.8 Å². The molecule has 0 saturated heterocycles. The maximum absolute atomic E-state index is 11.6. The highest BCUT2D eigenvalue weighted by Gasteiger charge is 2.19. The van der Waals surface area contributed by atoms with Crippen molar-refractivity contribution in [1.82, 2.24) is 5.32 Å². The van der Waals surface area contributed by atoms with Crippen molar-refractivity contribution in [1.29, 1.82) is 0 Å². The van der Waals surface area contributed by atoms with Gasteiger partial charge in [-0.15, -0.1) is 0 Å². The van der Waals surface area contributed by atoms with Crippen LogP contribution >= 0.6 is 0 Å². The summed E-state index contributed by atoms with van der Waals surface area (Å²) < 4.78 is 0. The number of carbonyl (C=O) groups excluding carboxylic acids is 1. The number of aliphatic hydroxyl groups excluding tert-OH is 1. The largest absolute Gasteiger partial charge is 0.394 e. The molecular formula is C10H22N2O2. The van der Waals surface area contributed by atoms with E-state index in [1.54, 1.807) is 6.92 Å². The van der Waals surface area contributed by atoms with Crippen molar-refractivity contribution in [3.63, 3.8) is 0 Å². The van der Waals surface area contributed by atoms with E-state index in [9.17, 15) is 4.79 Å². The van der Waals surface area contributed by atoms with Crippen molar-refractivity contribution in [3.8, 4) is 0 Å². The summed E-state index contributed by atoms with van der Waals surface area (Å²) in [6.07, 6.45) is 0.792. The van der Waals surface area contributed by atoms with Crippen LogP contribution < -0.4 is 11.1 Å². The lowest BCUT2D eigenvalue weighted by Gasteiger charge is -2.19. The number of nitrogens with one attached hydrogen (secondary N) is 1. The van der Waals surface area contributed by atoms with Crippen LogP contribution in [0.25, 0.3) is 0 Å². The molecular weight excluding hydrogens is 180 g/mol. The van der Waals surface area contributed by atoms with Gasteiger partial charge in [-0.3, -0.25) is 4.79 Å². The van der Waals surface area contributed by atoms with Gasteiger partial charge in [-0.2, -0.15) is 0 Å². The number of amides is 1. The van der Waals surface area contributed by atoms with Gasteiger partial charge in [0.15, 0.2) is 0 Å². The van der Waals surface area contributed by atoms with Gasteiger partial charge in [0.2, 0.25) is 5.91 Å². The summed E-state index contributed by atoms with van der Waals surface area (Å²) in [7, 11) is 0. The molecule has 0 radical (unpaired) electrons. The zero-order valence-corrected chi connectivity index (χ0v) is 9.29. The molecule has 0 aromatic carbocycles. The van der Waals surface area contributed by atoms with Crippen LogP contribution in [0.3, 0.4) is 0 Å². The first-order chi connectivity index (χ1) is 6.51. The number of hydrogen-bond acceptors (Lipinski definition) is 3. The van der Waals surface area contributed by atoms with E-state index in [1.807, 2.05) is 0 Å². The van der Waals surface area contributed by atoms with Gasteiger partial charge in [0.1, 0.15) is 0 Å². The Labute approximate surface area is 85.9 Å². The highest BCUT2D eigenvalue weighted by Crippen LogP contribution is 2.10. The van der Waals surface area contributed by atoms with Crippen LogP contribution in [0, 0.1) is 11.8 Å². The lowest BCUT2D eigenvalue weighted by atomic mass is 9.96. The maximum atomic E-state index is 11.6. The predicted octanol–water partition coefficient (Wildman–Crippen LogP) is 0.104. The van der Waals surface area contributed by atoms with Gasteiger partial charge in [-0.05, 0) is 19.3 Å². The van der Waals surface area contributed by atoms with E-state index < -0.39 is 0 Å². The number of carbonyl (C=O) groups is 1. The molecule has 0 spiro atoms. The Morgan fingerprint density at radius 1 is 1.43 bits per heavy atom. The number of nitrogens with two attached hydrogens (primary N) is 1. The molecule has 0 heterocycles. The molecule has 2 atom stereocenters. The molecule has 2 unspecified atom stereocenters. The molecule has 4 N–H and O–H groups in total. The van der Waals surface area contributed by atoms with Crippen LogP contribution in [0.2, 0.25) is 0 Å². The molecule has 0 aliphatic carbocycles. The standard InChI is InChI=1S/C10H22N2O2/c1-7(2)4-9(5-11)10(14)12-8(3)6-13/h7-9,13H,4-6,11H2,1-3H3,(H,12,14). The predicted molar refractivity (Wildman–Crippen MR) is 56.7 cm³/mol. The third-order valence-corrected chi connectivity index (χ3v) is 2.07. The monoisotopic (exact) mass is 202 g/mol. The van der Waals surface area contributed by atoms with Gasteiger partial charge >= 0.3 is 0 Å². The lowest BCUT2D eigenvalue weighted by molar-refractivity contribution is -0.126. The average molecular weight is 202 g/mol. The Kier molecular flexibility index (Phi) is 6.49. The fourth-order valence-electron chi connectivity index (χ4n) is 1.29. The van der Waals surface area contributed by atoms with Crippen LogP contribution in [0.1, 0.15) is 27.2 Å². The number of aliphatic hydroxyl groups is 1. The quantitative estimate of drug-likeness (QED) is 0.572. The van der Waals surface area contributed by atoms with Crippen LogP contribution in [-0.2, 0) is 4.79 Å². The van der Waals surface area contributed by atoms with Gasteiger partial charge in [-0.25, -0.2) is 0 Å². The second-order valence-corrected chi connectivity index (χ2v) is 4.15. The first kappa shape index (κ1) is 13.4. The second kappa shape index (κ2) is 6.79. The smallest absolute Gasteiger partial charge is 0.224 e. The summed E-state index contributed by atoms with van der Waals surface area (Å²) in [6, 6.07) is -0.191. The minimum Gasteiger partial charge on any atom is -0.394 e. The molecule has 84 valence electrons. The third kappa shape index (κ3) is 5.19. The molecule has 0 aromatic rings. The number of hydrogen-bond donors (Lipinski definition) is 3. The van der Waals surface area contributed by atoms with Crippen molar-refractivity contribution in [2.24, 2.45) is 17.6 Å². The molecule has 4 nitrogen and oxygen atoms in total. The normalized spacial score (nSPS) is 15.3. The molecule has 4 heteroatoms. The van der Waals surface area contributed by atoms with E-state index in [0.29, 0.717) is 12.5 Å². The van der Waals surface area contributed by atoms with Gasteiger partial charge < -0.3 is 16.2 Å². The third-order valence-electron chi connectivity index (χ3n) is 2.07. The summed E-state index contributed by atoms with van der Waals surface area (Å²) in [5, 5.41) is 11.5. The summed E-state index contributed by atoms with van der Waals surface area (Å²) >= 11 is 0. The first-order valence-electron chi connectivity index (χ1n) is 5.12. The van der Waals surface area contributed by atoms with E-state index in [0.717, 1.165) is 6.42 Å². The zero-order chi connectivity index (χ0) is 11.1. The minimum atomic E-state index is -0.191. The van der Waals surface area contributed by atoms with Crippen LogP contribution in [0.15, 0.2) is 0 Å². The number of rotatable bonds is 6. The van der Waals surface area contributed by atoms with E-state index in [2.05, 4.69) is 19.2 Å². The SMILES string of the molecule is CC(C)CC(CN)C(=O)NC(C)CO. The minimum absolute atomic E-state index is 0.0370. The highest BCUT2D eigenvalue weighted by atomic mass is 16.3. The van der Waals surface area contributed by atoms with Crippen molar-refractivity contribution in [2.45, 2.75) is 33.2 Å².